The van der Waals surface area contributed by atoms with E-state index in [0.717, 1.165) is 94.4 Å². The number of hydrogen-bond acceptors (Lipinski definition) is 4. The Morgan fingerprint density at radius 2 is 0.667 bits per heavy atom. The highest BCUT2D eigenvalue weighted by Gasteiger charge is 2.30. The Hall–Kier alpha value is -6.16. The summed E-state index contributed by atoms with van der Waals surface area (Å²) in [5.74, 6) is -0.521. The molecule has 0 atom stereocenters. The van der Waals surface area contributed by atoms with Gasteiger partial charge in [-0.05, 0) is 103 Å². The van der Waals surface area contributed by atoms with Gasteiger partial charge in [-0.1, -0.05) is 209 Å². The summed E-state index contributed by atoms with van der Waals surface area (Å²) < 4.78 is 3.93. The standard InChI is InChI=1S/C29H16Br2O.C15H12Br2O.C14H8O2/c30-19-9-5-7-17(15-19)25-27-23-13-3-1-11-21(23)22-12-2-4-14-24(22)28(27)26(29(25)32)18-8-6-10-20(31)16-18;16-13-5-1-3-11(7-13)9-15(18)10-12-4-2-6-14(17)8-12;15-13-11-7-3-1-5-9(11)10-6-2-4-8-12(10)14(13)16/h1-16H;1-8H,9-10H2;1-8H. The second kappa shape index (κ2) is 19.7. The van der Waals surface area contributed by atoms with Crippen molar-refractivity contribution in [3.05, 3.63) is 256 Å². The van der Waals surface area contributed by atoms with E-state index in [4.69, 9.17) is 0 Å². The molecule has 66 heavy (non-hydrogen) atoms. The van der Waals surface area contributed by atoms with E-state index in [9.17, 15) is 19.2 Å². The number of hydrogen-bond donors (Lipinski definition) is 0. The van der Waals surface area contributed by atoms with E-state index in [1.165, 1.54) is 0 Å². The minimum absolute atomic E-state index is 0.0673. The van der Waals surface area contributed by atoms with Crippen LogP contribution in [0.1, 0.15) is 43.0 Å². The van der Waals surface area contributed by atoms with Crippen LogP contribution in [0.3, 0.4) is 0 Å². The quantitative estimate of drug-likeness (QED) is 0.123. The Balaban J connectivity index is 0.000000136. The first-order chi connectivity index (χ1) is 32.0. The lowest BCUT2D eigenvalue weighted by atomic mass is 9.84. The monoisotopic (exact) mass is 1110 g/mol. The first-order valence-corrected chi connectivity index (χ1v) is 24.3. The smallest absolute Gasteiger partial charge is 0.234 e. The number of carbonyl (C=O) groups is 4. The topological polar surface area (TPSA) is 68.3 Å². The predicted octanol–water partition coefficient (Wildman–Crippen LogP) is 13.8. The molecule has 0 N–H and O–H groups in total. The zero-order chi connectivity index (χ0) is 45.9. The van der Waals surface area contributed by atoms with Crippen LogP contribution in [0, 0.1) is 0 Å². The summed E-state index contributed by atoms with van der Waals surface area (Å²) in [6, 6.07) is 63.1. The first-order valence-electron chi connectivity index (χ1n) is 21.1. The molecule has 0 unspecified atom stereocenters. The highest BCUT2D eigenvalue weighted by atomic mass is 79.9. The molecule has 2 aliphatic carbocycles. The van der Waals surface area contributed by atoms with Crippen molar-refractivity contribution >= 4 is 120 Å². The molecule has 9 aromatic rings. The van der Waals surface area contributed by atoms with Crippen LogP contribution in [0.25, 0.3) is 43.8 Å². The molecule has 0 spiro atoms. The maximum atomic E-state index is 14.2. The zero-order valence-electron chi connectivity index (χ0n) is 35.0. The molecule has 2 aliphatic rings. The lowest BCUT2D eigenvalue weighted by molar-refractivity contribution is -0.117. The average molecular weight is 1120 g/mol. The highest BCUT2D eigenvalue weighted by Crippen LogP contribution is 2.34. The molecular weight excluding hydrogens is 1080 g/mol. The van der Waals surface area contributed by atoms with Crippen LogP contribution in [0.5, 0.6) is 0 Å². The molecule has 9 aromatic carbocycles. The van der Waals surface area contributed by atoms with E-state index in [1.807, 2.05) is 121 Å². The van der Waals surface area contributed by atoms with Crippen LogP contribution in [-0.2, 0) is 22.4 Å². The van der Waals surface area contributed by atoms with Crippen molar-refractivity contribution in [2.24, 2.45) is 0 Å². The van der Waals surface area contributed by atoms with E-state index >= 15 is 0 Å². The summed E-state index contributed by atoms with van der Waals surface area (Å²) in [4.78, 5) is 49.8. The van der Waals surface area contributed by atoms with Crippen LogP contribution in [0.4, 0.5) is 0 Å². The molecule has 0 fully saturated rings. The van der Waals surface area contributed by atoms with Crippen LogP contribution in [0.15, 0.2) is 212 Å². The Kier molecular flexibility index (Phi) is 13.5. The minimum atomic E-state index is -0.408. The SMILES string of the molecule is O=C(Cc1cccc(Br)c1)Cc1cccc(Br)c1.O=C1C(=O)c2ccccc2-c2ccccc21.O=C1C(c2cccc(Br)c2)=c2c(c3ccccc3c3ccccc23)=C1c1cccc(Br)c1. The van der Waals surface area contributed by atoms with Gasteiger partial charge in [0.1, 0.15) is 5.78 Å². The van der Waals surface area contributed by atoms with E-state index in [2.05, 4.69) is 112 Å². The summed E-state index contributed by atoms with van der Waals surface area (Å²) in [7, 11) is 0. The van der Waals surface area contributed by atoms with Crippen molar-refractivity contribution in [2.75, 3.05) is 0 Å². The molecule has 0 aliphatic heterocycles. The molecule has 8 heteroatoms. The fraction of sp³-hybridized carbons (Fsp3) is 0.0345. The van der Waals surface area contributed by atoms with Crippen LogP contribution >= 0.6 is 63.7 Å². The number of fused-ring (bicyclic) bond motifs is 9. The normalized spacial score (nSPS) is 12.5. The number of ketones is 4. The zero-order valence-corrected chi connectivity index (χ0v) is 41.4. The third-order valence-electron chi connectivity index (χ3n) is 11.5. The van der Waals surface area contributed by atoms with Gasteiger partial charge in [-0.3, -0.25) is 19.2 Å². The van der Waals surface area contributed by atoms with Crippen molar-refractivity contribution in [3.8, 4) is 11.1 Å². The van der Waals surface area contributed by atoms with Gasteiger partial charge in [0.2, 0.25) is 11.6 Å². The van der Waals surface area contributed by atoms with Crippen molar-refractivity contribution in [1.82, 2.24) is 0 Å². The van der Waals surface area contributed by atoms with Gasteiger partial charge in [-0.15, -0.1) is 0 Å². The molecule has 0 heterocycles. The van der Waals surface area contributed by atoms with Gasteiger partial charge >= 0.3 is 0 Å². The maximum Gasteiger partial charge on any atom is 0.234 e. The van der Waals surface area contributed by atoms with E-state index < -0.39 is 11.6 Å². The van der Waals surface area contributed by atoms with E-state index in [0.29, 0.717) is 24.0 Å². The molecule has 0 saturated heterocycles. The van der Waals surface area contributed by atoms with E-state index in [-0.39, 0.29) is 11.6 Å². The second-order valence-corrected chi connectivity index (χ2v) is 19.5. The molecule has 0 saturated carbocycles. The van der Waals surface area contributed by atoms with Crippen LogP contribution in [-0.4, -0.2) is 23.1 Å². The maximum absolute atomic E-state index is 14.2. The third-order valence-corrected chi connectivity index (χ3v) is 13.5. The van der Waals surface area contributed by atoms with Gasteiger partial charge in [-0.25, -0.2) is 0 Å². The first kappa shape index (κ1) is 45.0. The highest BCUT2D eigenvalue weighted by molar-refractivity contribution is 9.11. The number of carbonyl (C=O) groups excluding carboxylic acids is 4. The number of rotatable bonds is 6. The van der Waals surface area contributed by atoms with Gasteiger partial charge in [0.15, 0.2) is 5.78 Å². The van der Waals surface area contributed by atoms with E-state index in [1.54, 1.807) is 24.3 Å². The number of halogens is 4. The predicted molar refractivity (Wildman–Crippen MR) is 280 cm³/mol. The Bertz CT molecular complexity index is 3340. The summed E-state index contributed by atoms with van der Waals surface area (Å²) >= 11 is 14.0. The third kappa shape index (κ3) is 9.29. The molecule has 320 valence electrons. The van der Waals surface area contributed by atoms with Crippen molar-refractivity contribution in [1.29, 1.82) is 0 Å². The molecule has 0 amide bonds. The second-order valence-electron chi connectivity index (χ2n) is 15.8. The molecule has 0 radical (unpaired) electrons. The van der Waals surface area contributed by atoms with Gasteiger partial charge < -0.3 is 0 Å². The minimum Gasteiger partial charge on any atom is -0.299 e. The largest absolute Gasteiger partial charge is 0.299 e. The lowest BCUT2D eigenvalue weighted by Crippen LogP contribution is -2.27. The van der Waals surface area contributed by atoms with Crippen molar-refractivity contribution in [2.45, 2.75) is 12.8 Å². The summed E-state index contributed by atoms with van der Waals surface area (Å²) in [5, 5.41) is 6.59. The summed E-state index contributed by atoms with van der Waals surface area (Å²) in [5.41, 5.74) is 8.18. The Labute approximate surface area is 415 Å². The van der Waals surface area contributed by atoms with Gasteiger partial charge in [0.25, 0.3) is 0 Å². The lowest BCUT2D eigenvalue weighted by Gasteiger charge is -2.16. The average Bonchev–Trinajstić information content (AvgIpc) is 3.64. The number of benzene rings is 9. The van der Waals surface area contributed by atoms with Crippen molar-refractivity contribution in [3.63, 3.8) is 0 Å². The summed E-state index contributed by atoms with van der Waals surface area (Å²) in [6.07, 6.45) is 0.956. The van der Waals surface area contributed by atoms with Crippen molar-refractivity contribution < 1.29 is 19.2 Å². The summed E-state index contributed by atoms with van der Waals surface area (Å²) in [6.45, 7) is 0. The van der Waals surface area contributed by atoms with Gasteiger partial charge in [0, 0.05) is 63.4 Å². The van der Waals surface area contributed by atoms with Crippen LogP contribution in [0.2, 0.25) is 0 Å². The number of Topliss-reactive ketones (excluding diaryl/α,β-unsaturated/α-hetero) is 4. The Morgan fingerprint density at radius 3 is 1.05 bits per heavy atom. The Morgan fingerprint density at radius 1 is 0.333 bits per heavy atom. The molecule has 0 bridgehead atoms. The molecular formula is C58H36Br4O4. The molecule has 4 nitrogen and oxygen atoms in total. The molecule has 11 rings (SSSR count). The molecule has 0 aromatic heterocycles. The van der Waals surface area contributed by atoms with Gasteiger partial charge in [0.05, 0.1) is 0 Å². The fourth-order valence-corrected chi connectivity index (χ4v) is 10.4. The van der Waals surface area contributed by atoms with Crippen LogP contribution < -0.4 is 10.4 Å². The van der Waals surface area contributed by atoms with Gasteiger partial charge in [-0.2, -0.15) is 0 Å². The fourth-order valence-electron chi connectivity index (χ4n) is 8.74.